The van der Waals surface area contributed by atoms with Gasteiger partial charge in [-0.1, -0.05) is 31.2 Å². The lowest BCUT2D eigenvalue weighted by molar-refractivity contribution is -0.117. The number of halogens is 1. The Morgan fingerprint density at radius 1 is 1.06 bits per heavy atom. The highest BCUT2D eigenvalue weighted by Crippen LogP contribution is 2.22. The Balaban J connectivity index is 0.00000544. The van der Waals surface area contributed by atoms with Crippen molar-refractivity contribution in [3.05, 3.63) is 64.7 Å². The number of nitrogens with one attached hydrogen (secondary N) is 3. The van der Waals surface area contributed by atoms with E-state index < -0.39 is 5.91 Å². The van der Waals surface area contributed by atoms with Crippen LogP contribution in [-0.2, 0) is 17.9 Å². The van der Waals surface area contributed by atoms with Gasteiger partial charge < -0.3 is 26.4 Å². The van der Waals surface area contributed by atoms with E-state index in [1.165, 1.54) is 0 Å². The number of primary amides is 1. The van der Waals surface area contributed by atoms with Gasteiger partial charge >= 0.3 is 0 Å². The number of hydrogen-bond donors (Lipinski definition) is 4. The largest absolute Gasteiger partial charge is 0.490 e. The SMILES string of the molecule is CCC(C)Oc1cc(C)ccc1CNC(=NC)NCc1ccc(C(=O)NCC(N)=O)cc1.I. The van der Waals surface area contributed by atoms with Crippen LogP contribution in [0.4, 0.5) is 0 Å². The highest BCUT2D eigenvalue weighted by atomic mass is 127. The van der Waals surface area contributed by atoms with E-state index in [1.54, 1.807) is 19.2 Å². The first-order chi connectivity index (χ1) is 15.3. The van der Waals surface area contributed by atoms with Gasteiger partial charge in [0.15, 0.2) is 5.96 Å². The predicted octanol–water partition coefficient (Wildman–Crippen LogP) is 2.87. The highest BCUT2D eigenvalue weighted by molar-refractivity contribution is 14.0. The van der Waals surface area contributed by atoms with E-state index in [2.05, 4.69) is 53.0 Å². The minimum Gasteiger partial charge on any atom is -0.490 e. The molecule has 0 saturated heterocycles. The molecule has 1 unspecified atom stereocenters. The van der Waals surface area contributed by atoms with Crippen molar-refractivity contribution in [3.8, 4) is 5.75 Å². The quantitative estimate of drug-likeness (QED) is 0.200. The Morgan fingerprint density at radius 2 is 1.73 bits per heavy atom. The summed E-state index contributed by atoms with van der Waals surface area (Å²) in [5, 5.41) is 9.04. The van der Waals surface area contributed by atoms with E-state index >= 15 is 0 Å². The molecular weight excluding hydrogens is 533 g/mol. The fourth-order valence-corrected chi connectivity index (χ4v) is 2.85. The Kier molecular flexibility index (Phi) is 12.3. The third-order valence-corrected chi connectivity index (χ3v) is 4.89. The number of aryl methyl sites for hydroxylation is 1. The van der Waals surface area contributed by atoms with Gasteiger partial charge in [-0.3, -0.25) is 14.6 Å². The van der Waals surface area contributed by atoms with Crippen molar-refractivity contribution in [3.63, 3.8) is 0 Å². The van der Waals surface area contributed by atoms with Gasteiger partial charge in [-0.25, -0.2) is 0 Å². The van der Waals surface area contributed by atoms with Crippen molar-refractivity contribution in [2.24, 2.45) is 10.7 Å². The molecule has 2 amide bonds. The second kappa shape index (κ2) is 14.4. The van der Waals surface area contributed by atoms with Gasteiger partial charge in [-0.15, -0.1) is 24.0 Å². The number of carbonyl (C=O) groups is 2. The molecule has 0 bridgehead atoms. The summed E-state index contributed by atoms with van der Waals surface area (Å²) in [5.41, 5.74) is 8.70. The normalized spacial score (nSPS) is 11.7. The van der Waals surface area contributed by atoms with Crippen LogP contribution in [0.25, 0.3) is 0 Å². The number of carbonyl (C=O) groups excluding carboxylic acids is 2. The van der Waals surface area contributed by atoms with Crippen LogP contribution in [0, 0.1) is 6.92 Å². The topological polar surface area (TPSA) is 118 Å². The van der Waals surface area contributed by atoms with Gasteiger partial charge in [0, 0.05) is 31.3 Å². The van der Waals surface area contributed by atoms with Crippen molar-refractivity contribution in [1.82, 2.24) is 16.0 Å². The molecular formula is C24H34IN5O3. The number of rotatable bonds is 10. The van der Waals surface area contributed by atoms with Crippen LogP contribution in [0.15, 0.2) is 47.5 Å². The van der Waals surface area contributed by atoms with Crippen LogP contribution < -0.4 is 26.4 Å². The third kappa shape index (κ3) is 9.68. The average molecular weight is 567 g/mol. The minimum absolute atomic E-state index is 0. The number of benzene rings is 2. The summed E-state index contributed by atoms with van der Waals surface area (Å²) in [5.74, 6) is 0.618. The molecule has 0 aliphatic carbocycles. The molecule has 2 aromatic carbocycles. The number of nitrogens with two attached hydrogens (primary N) is 1. The molecule has 9 heteroatoms. The van der Waals surface area contributed by atoms with Gasteiger partial charge in [0.2, 0.25) is 5.91 Å². The first-order valence-electron chi connectivity index (χ1n) is 10.7. The lowest BCUT2D eigenvalue weighted by atomic mass is 10.1. The maximum Gasteiger partial charge on any atom is 0.251 e. The molecule has 5 N–H and O–H groups in total. The van der Waals surface area contributed by atoms with Gasteiger partial charge in [0.05, 0.1) is 12.6 Å². The van der Waals surface area contributed by atoms with Crippen LogP contribution in [0.5, 0.6) is 5.75 Å². The number of aliphatic imine (C=N–C) groups is 1. The number of guanidine groups is 1. The predicted molar refractivity (Wildman–Crippen MR) is 142 cm³/mol. The lowest BCUT2D eigenvalue weighted by Crippen LogP contribution is -2.36. The number of amides is 2. The molecule has 33 heavy (non-hydrogen) atoms. The zero-order chi connectivity index (χ0) is 23.5. The molecule has 0 saturated carbocycles. The molecule has 8 nitrogen and oxygen atoms in total. The third-order valence-electron chi connectivity index (χ3n) is 4.89. The van der Waals surface area contributed by atoms with Crippen LogP contribution >= 0.6 is 24.0 Å². The standard InChI is InChI=1S/C24H33N5O3.HI/c1-5-17(3)32-21-12-16(2)6-9-20(21)14-29-24(26-4)28-13-18-7-10-19(11-8-18)23(31)27-15-22(25)30;/h6-12,17H,5,13-15H2,1-4H3,(H2,25,30)(H,27,31)(H2,26,28,29);1H. The first kappa shape index (κ1) is 28.2. The molecule has 1 atom stereocenters. The molecule has 2 aromatic rings. The highest BCUT2D eigenvalue weighted by Gasteiger charge is 2.09. The number of ether oxygens (including phenoxy) is 1. The molecule has 0 aromatic heterocycles. The summed E-state index contributed by atoms with van der Waals surface area (Å²) < 4.78 is 6.07. The van der Waals surface area contributed by atoms with Crippen LogP contribution in [-0.4, -0.2) is 37.5 Å². The van der Waals surface area contributed by atoms with Crippen molar-refractivity contribution in [2.45, 2.75) is 46.4 Å². The monoisotopic (exact) mass is 567 g/mol. The lowest BCUT2D eigenvalue weighted by Gasteiger charge is -2.18. The van der Waals surface area contributed by atoms with Gasteiger partial charge in [0.25, 0.3) is 5.91 Å². The van der Waals surface area contributed by atoms with E-state index in [1.807, 2.05) is 19.1 Å². The summed E-state index contributed by atoms with van der Waals surface area (Å²) in [6, 6.07) is 13.3. The van der Waals surface area contributed by atoms with Gasteiger partial charge in [-0.2, -0.15) is 0 Å². The Morgan fingerprint density at radius 3 is 2.33 bits per heavy atom. The Bertz CT molecular complexity index is 948. The Labute approximate surface area is 212 Å². The van der Waals surface area contributed by atoms with Crippen molar-refractivity contribution in [2.75, 3.05) is 13.6 Å². The smallest absolute Gasteiger partial charge is 0.251 e. The maximum atomic E-state index is 12.0. The molecule has 0 radical (unpaired) electrons. The molecule has 2 rings (SSSR count). The van der Waals surface area contributed by atoms with E-state index in [-0.39, 0.29) is 42.5 Å². The van der Waals surface area contributed by atoms with Crippen LogP contribution in [0.2, 0.25) is 0 Å². The van der Waals surface area contributed by atoms with Crippen LogP contribution in [0.1, 0.15) is 47.3 Å². The minimum atomic E-state index is -0.581. The number of hydrogen-bond acceptors (Lipinski definition) is 4. The summed E-state index contributed by atoms with van der Waals surface area (Å²) in [6.45, 7) is 7.14. The fraction of sp³-hybridized carbons (Fsp3) is 0.375. The van der Waals surface area contributed by atoms with E-state index in [4.69, 9.17) is 10.5 Å². The number of nitrogens with zero attached hydrogens (tertiary/aromatic N) is 1. The summed E-state index contributed by atoms with van der Waals surface area (Å²) in [6.07, 6.45) is 1.09. The molecule has 0 heterocycles. The van der Waals surface area contributed by atoms with E-state index in [0.29, 0.717) is 24.6 Å². The molecule has 0 fully saturated rings. The molecule has 0 spiro atoms. The second-order valence-electron chi connectivity index (χ2n) is 7.57. The molecule has 0 aliphatic rings. The second-order valence-corrected chi connectivity index (χ2v) is 7.57. The zero-order valence-electron chi connectivity index (χ0n) is 19.6. The zero-order valence-corrected chi connectivity index (χ0v) is 21.9. The van der Waals surface area contributed by atoms with Crippen LogP contribution in [0.3, 0.4) is 0 Å². The summed E-state index contributed by atoms with van der Waals surface area (Å²) in [7, 11) is 1.72. The first-order valence-corrected chi connectivity index (χ1v) is 10.7. The van der Waals surface area contributed by atoms with E-state index in [0.717, 1.165) is 28.9 Å². The Hall–Kier alpha value is -2.82. The van der Waals surface area contributed by atoms with Crippen molar-refractivity contribution >= 4 is 41.8 Å². The van der Waals surface area contributed by atoms with Crippen molar-refractivity contribution in [1.29, 1.82) is 0 Å². The van der Waals surface area contributed by atoms with E-state index in [9.17, 15) is 9.59 Å². The summed E-state index contributed by atoms with van der Waals surface area (Å²) in [4.78, 5) is 27.0. The molecule has 0 aliphatic heterocycles. The molecule has 180 valence electrons. The maximum absolute atomic E-state index is 12.0. The summed E-state index contributed by atoms with van der Waals surface area (Å²) >= 11 is 0. The average Bonchev–Trinajstić information content (AvgIpc) is 2.78. The van der Waals surface area contributed by atoms with Gasteiger partial charge in [0.1, 0.15) is 5.75 Å². The van der Waals surface area contributed by atoms with Gasteiger partial charge in [-0.05, 0) is 49.6 Å². The fourth-order valence-electron chi connectivity index (χ4n) is 2.85. The van der Waals surface area contributed by atoms with Crippen molar-refractivity contribution < 1.29 is 14.3 Å².